The molecule has 2 aromatic carbocycles. The fourth-order valence-electron chi connectivity index (χ4n) is 5.91. The number of rotatable bonds is 6. The summed E-state index contributed by atoms with van der Waals surface area (Å²) in [4.78, 5) is 5.13. The number of benzene rings is 2. The Bertz CT molecular complexity index is 1030. The average Bonchev–Trinajstić information content (AvgIpc) is 2.93. The molecule has 1 fully saturated rings. The molecule has 0 bridgehead atoms. The van der Waals surface area contributed by atoms with Crippen LogP contribution in [0.5, 0.6) is 5.75 Å². The van der Waals surface area contributed by atoms with Crippen LogP contribution in [0.1, 0.15) is 30.4 Å². The van der Waals surface area contributed by atoms with Crippen molar-refractivity contribution in [3.05, 3.63) is 68.8 Å². The quantitative estimate of drug-likeness (QED) is 0.325. The highest BCUT2D eigenvalue weighted by molar-refractivity contribution is 14.1. The zero-order chi connectivity index (χ0) is 23.0. The Labute approximate surface area is 216 Å². The number of aryl methyl sites for hydroxylation is 1. The van der Waals surface area contributed by atoms with E-state index in [9.17, 15) is 0 Å². The summed E-state index contributed by atoms with van der Waals surface area (Å²) in [5.41, 5.74) is 3.99. The topological polar surface area (TPSA) is 24.9 Å². The molecule has 2 heterocycles. The highest BCUT2D eigenvalue weighted by atomic mass is 127. The summed E-state index contributed by atoms with van der Waals surface area (Å²) >= 11 is 8.78. The molecule has 1 aliphatic carbocycles. The third kappa shape index (κ3) is 4.54. The van der Waals surface area contributed by atoms with Gasteiger partial charge in [0.15, 0.2) is 0 Å². The number of likely N-dealkylation sites (tertiary alicyclic amines) is 1. The van der Waals surface area contributed by atoms with E-state index >= 15 is 0 Å². The van der Waals surface area contributed by atoms with Gasteiger partial charge in [-0.25, -0.2) is 0 Å². The van der Waals surface area contributed by atoms with Gasteiger partial charge in [-0.1, -0.05) is 23.7 Å². The van der Waals surface area contributed by atoms with E-state index in [0.717, 1.165) is 43.2 Å². The summed E-state index contributed by atoms with van der Waals surface area (Å²) in [5, 5.41) is 0.828. The molecule has 1 saturated heterocycles. The van der Waals surface area contributed by atoms with E-state index in [1.165, 1.54) is 33.2 Å². The predicted octanol–water partition coefficient (Wildman–Crippen LogP) is 5.69. The first-order valence-corrected chi connectivity index (χ1v) is 13.3. The summed E-state index contributed by atoms with van der Waals surface area (Å²) in [6, 6.07) is 13.8. The lowest BCUT2D eigenvalue weighted by Gasteiger charge is -2.48. The zero-order valence-corrected chi connectivity index (χ0v) is 22.1. The molecule has 4 nitrogen and oxygen atoms in total. The van der Waals surface area contributed by atoms with Crippen molar-refractivity contribution in [1.82, 2.24) is 4.90 Å². The minimum Gasteiger partial charge on any atom is -0.490 e. The van der Waals surface area contributed by atoms with Gasteiger partial charge in [0.25, 0.3) is 0 Å². The maximum absolute atomic E-state index is 6.55. The molecule has 0 N–H and O–H groups in total. The molecule has 0 radical (unpaired) electrons. The number of hydrogen-bond donors (Lipinski definition) is 0. The normalized spacial score (nSPS) is 25.4. The minimum atomic E-state index is -0.0262. The fourth-order valence-corrected chi connectivity index (χ4v) is 6.57. The molecule has 3 atom stereocenters. The summed E-state index contributed by atoms with van der Waals surface area (Å²) in [5.74, 6) is 0.997. The van der Waals surface area contributed by atoms with E-state index in [0.29, 0.717) is 19.3 Å². The van der Waals surface area contributed by atoms with Crippen molar-refractivity contribution in [2.75, 3.05) is 44.9 Å². The van der Waals surface area contributed by atoms with Crippen LogP contribution in [0.25, 0.3) is 0 Å². The van der Waals surface area contributed by atoms with Crippen LogP contribution in [0, 0.1) is 3.57 Å². The SMILES string of the molecule is C=C[C@@H](COC)N1CC[C@H]1CN1C[C@@]2(CCCc3cc(Cl)ccc32)COc2ccc(I)cc21. The van der Waals surface area contributed by atoms with Crippen molar-refractivity contribution in [3.8, 4) is 5.75 Å². The van der Waals surface area contributed by atoms with Crippen LogP contribution in [0.3, 0.4) is 0 Å². The van der Waals surface area contributed by atoms with E-state index in [1.807, 2.05) is 12.1 Å². The zero-order valence-electron chi connectivity index (χ0n) is 19.2. The van der Waals surface area contributed by atoms with E-state index < -0.39 is 0 Å². The maximum Gasteiger partial charge on any atom is 0.142 e. The van der Waals surface area contributed by atoms with Crippen molar-refractivity contribution in [2.24, 2.45) is 0 Å². The van der Waals surface area contributed by atoms with Crippen molar-refractivity contribution in [1.29, 1.82) is 0 Å². The second kappa shape index (κ2) is 9.76. The van der Waals surface area contributed by atoms with E-state index in [2.05, 4.69) is 69.3 Å². The molecular formula is C27H32ClIN2O2. The van der Waals surface area contributed by atoms with Gasteiger partial charge in [0.2, 0.25) is 0 Å². The third-order valence-electron chi connectivity index (χ3n) is 7.66. The molecule has 176 valence electrons. The molecule has 3 aliphatic rings. The smallest absolute Gasteiger partial charge is 0.142 e. The molecule has 0 amide bonds. The highest BCUT2D eigenvalue weighted by Crippen LogP contribution is 2.45. The van der Waals surface area contributed by atoms with Gasteiger partial charge in [0.1, 0.15) is 5.75 Å². The maximum atomic E-state index is 6.55. The van der Waals surface area contributed by atoms with Gasteiger partial charge in [-0.2, -0.15) is 0 Å². The first kappa shape index (κ1) is 23.5. The van der Waals surface area contributed by atoms with Crippen LogP contribution >= 0.6 is 34.2 Å². The summed E-state index contributed by atoms with van der Waals surface area (Å²) in [6.45, 7) is 8.50. The number of halogens is 2. The van der Waals surface area contributed by atoms with Gasteiger partial charge < -0.3 is 14.4 Å². The Kier molecular flexibility index (Phi) is 6.94. The standard InChI is InChI=1S/C27H32ClIN2O2/c1-3-22(16-32-2)31-12-10-23(31)15-30-17-27(18-33-26-9-7-21(29)14-25(26)30)11-4-5-19-13-20(28)6-8-24(19)27/h3,6-9,13-14,22-23H,1,4-5,10-12,15-18H2,2H3/t22-,23-,27-/m0/s1. The van der Waals surface area contributed by atoms with Crippen LogP contribution < -0.4 is 9.64 Å². The molecule has 2 aliphatic heterocycles. The van der Waals surface area contributed by atoms with Gasteiger partial charge in [-0.05, 0) is 89.7 Å². The van der Waals surface area contributed by atoms with Crippen LogP contribution in [-0.2, 0) is 16.6 Å². The van der Waals surface area contributed by atoms with Crippen LogP contribution in [0.4, 0.5) is 5.69 Å². The van der Waals surface area contributed by atoms with E-state index in [-0.39, 0.29) is 11.5 Å². The summed E-state index contributed by atoms with van der Waals surface area (Å²) in [6.07, 6.45) is 6.62. The lowest BCUT2D eigenvalue weighted by molar-refractivity contribution is 0.0255. The van der Waals surface area contributed by atoms with Gasteiger partial charge >= 0.3 is 0 Å². The number of anilines is 1. The Balaban J connectivity index is 1.49. The summed E-state index contributed by atoms with van der Waals surface area (Å²) < 4.78 is 13.3. The molecule has 6 heteroatoms. The fraction of sp³-hybridized carbons (Fsp3) is 0.481. The predicted molar refractivity (Wildman–Crippen MR) is 144 cm³/mol. The number of nitrogens with zero attached hydrogens (tertiary/aromatic N) is 2. The molecule has 2 aromatic rings. The Morgan fingerprint density at radius 3 is 2.97 bits per heavy atom. The molecule has 5 rings (SSSR count). The van der Waals surface area contributed by atoms with Crippen LogP contribution in [0.2, 0.25) is 5.02 Å². The second-order valence-corrected chi connectivity index (χ2v) is 11.3. The summed E-state index contributed by atoms with van der Waals surface area (Å²) in [7, 11) is 1.77. The van der Waals surface area contributed by atoms with Crippen molar-refractivity contribution in [2.45, 2.75) is 43.2 Å². The molecule has 0 aromatic heterocycles. The number of methoxy groups -OCH3 is 1. The number of hydrogen-bond acceptors (Lipinski definition) is 4. The lowest BCUT2D eigenvalue weighted by Crippen LogP contribution is -2.59. The molecule has 0 saturated carbocycles. The van der Waals surface area contributed by atoms with Crippen molar-refractivity contribution in [3.63, 3.8) is 0 Å². The molecule has 1 spiro atoms. The van der Waals surface area contributed by atoms with Crippen LogP contribution in [0.15, 0.2) is 49.1 Å². The Hall–Kier alpha value is -1.28. The Morgan fingerprint density at radius 2 is 2.21 bits per heavy atom. The largest absolute Gasteiger partial charge is 0.490 e. The van der Waals surface area contributed by atoms with Crippen molar-refractivity contribution < 1.29 is 9.47 Å². The van der Waals surface area contributed by atoms with Gasteiger partial charge in [0.05, 0.1) is 24.9 Å². The van der Waals surface area contributed by atoms with Crippen LogP contribution in [-0.4, -0.2) is 56.9 Å². The molecular weight excluding hydrogens is 547 g/mol. The molecule has 0 unspecified atom stereocenters. The van der Waals surface area contributed by atoms with Gasteiger partial charge in [-0.3, -0.25) is 4.90 Å². The minimum absolute atomic E-state index is 0.0262. The Morgan fingerprint density at radius 1 is 1.33 bits per heavy atom. The lowest BCUT2D eigenvalue weighted by atomic mass is 9.70. The first-order valence-electron chi connectivity index (χ1n) is 11.9. The number of fused-ring (bicyclic) bond motifs is 3. The van der Waals surface area contributed by atoms with Gasteiger partial charge in [0, 0.05) is 46.8 Å². The van der Waals surface area contributed by atoms with E-state index in [1.54, 1.807) is 7.11 Å². The van der Waals surface area contributed by atoms with Crippen molar-refractivity contribution >= 4 is 39.9 Å². The monoisotopic (exact) mass is 578 g/mol. The van der Waals surface area contributed by atoms with E-state index in [4.69, 9.17) is 21.1 Å². The third-order valence-corrected chi connectivity index (χ3v) is 8.56. The average molecular weight is 579 g/mol. The first-order chi connectivity index (χ1) is 16.0. The number of ether oxygens (including phenoxy) is 2. The molecule has 33 heavy (non-hydrogen) atoms. The second-order valence-electron chi connectivity index (χ2n) is 9.66. The van der Waals surface area contributed by atoms with Gasteiger partial charge in [-0.15, -0.1) is 6.58 Å². The highest BCUT2D eigenvalue weighted by Gasteiger charge is 2.43.